The Morgan fingerprint density at radius 3 is 2.56 bits per heavy atom. The van der Waals surface area contributed by atoms with Crippen LogP contribution in [0.25, 0.3) is 11.0 Å². The first-order valence-electron chi connectivity index (χ1n) is 11.4. The molecule has 3 aromatic rings. The summed E-state index contributed by atoms with van der Waals surface area (Å²) in [5, 5.41) is 0.495. The van der Waals surface area contributed by atoms with E-state index in [-0.39, 0.29) is 17.1 Å². The highest BCUT2D eigenvalue weighted by Crippen LogP contribution is 2.39. The van der Waals surface area contributed by atoms with E-state index in [0.29, 0.717) is 29.7 Å². The molecule has 32 heavy (non-hydrogen) atoms. The third-order valence-corrected chi connectivity index (χ3v) is 6.13. The van der Waals surface area contributed by atoms with Gasteiger partial charge in [0.25, 0.3) is 5.91 Å². The highest BCUT2D eigenvalue weighted by Gasteiger charge is 2.42. The largest absolute Gasteiger partial charge is 0.494 e. The number of rotatable bonds is 9. The van der Waals surface area contributed by atoms with E-state index in [1.54, 1.807) is 17.0 Å². The minimum Gasteiger partial charge on any atom is -0.494 e. The number of ether oxygens (including phenoxy) is 1. The number of nitrogens with zero attached hydrogens (tertiary/aromatic N) is 2. The Kier molecular flexibility index (Phi) is 6.61. The molecule has 0 spiro atoms. The molecule has 168 valence electrons. The van der Waals surface area contributed by atoms with Crippen LogP contribution in [-0.4, -0.2) is 48.5 Å². The van der Waals surface area contributed by atoms with Crippen LogP contribution in [0.2, 0.25) is 0 Å². The summed E-state index contributed by atoms with van der Waals surface area (Å²) in [7, 11) is 0. The molecule has 4 rings (SSSR count). The average molecular weight is 435 g/mol. The molecule has 0 saturated carbocycles. The van der Waals surface area contributed by atoms with Crippen molar-refractivity contribution in [2.75, 3.05) is 32.8 Å². The molecule has 1 amide bonds. The molecule has 1 aromatic heterocycles. The fourth-order valence-corrected chi connectivity index (χ4v) is 4.49. The maximum Gasteiger partial charge on any atom is 0.290 e. The summed E-state index contributed by atoms with van der Waals surface area (Å²) in [4.78, 5) is 31.1. The van der Waals surface area contributed by atoms with E-state index in [1.165, 1.54) is 0 Å². The van der Waals surface area contributed by atoms with Gasteiger partial charge in [-0.3, -0.25) is 9.59 Å². The third kappa shape index (κ3) is 4.02. The molecule has 0 unspecified atom stereocenters. The zero-order valence-corrected chi connectivity index (χ0v) is 19.0. The first kappa shape index (κ1) is 22.1. The molecule has 0 bridgehead atoms. The van der Waals surface area contributed by atoms with Gasteiger partial charge in [-0.05, 0) is 62.8 Å². The van der Waals surface area contributed by atoms with Crippen LogP contribution in [0.15, 0.2) is 57.7 Å². The number of para-hydroxylation sites is 1. The van der Waals surface area contributed by atoms with Crippen molar-refractivity contribution >= 4 is 16.9 Å². The number of carbonyl (C=O) groups excluding carboxylic acids is 1. The zero-order chi connectivity index (χ0) is 22.7. The minimum atomic E-state index is -0.490. The maximum atomic E-state index is 13.5. The van der Waals surface area contributed by atoms with Crippen molar-refractivity contribution in [3.63, 3.8) is 0 Å². The van der Waals surface area contributed by atoms with Crippen molar-refractivity contribution in [3.8, 4) is 5.75 Å². The zero-order valence-electron chi connectivity index (χ0n) is 19.0. The number of hydrogen-bond acceptors (Lipinski definition) is 5. The fourth-order valence-electron chi connectivity index (χ4n) is 4.49. The molecule has 1 aliphatic rings. The molecule has 1 aliphatic heterocycles. The van der Waals surface area contributed by atoms with Gasteiger partial charge in [0.2, 0.25) is 5.76 Å². The Labute approximate surface area is 188 Å². The minimum absolute atomic E-state index is 0.145. The summed E-state index contributed by atoms with van der Waals surface area (Å²) < 4.78 is 11.7. The van der Waals surface area contributed by atoms with Gasteiger partial charge >= 0.3 is 0 Å². The fraction of sp³-hybridized carbons (Fsp3) is 0.385. The predicted octanol–water partition coefficient (Wildman–Crippen LogP) is 4.47. The number of carbonyl (C=O) groups is 1. The average Bonchev–Trinajstić information content (AvgIpc) is 3.09. The monoisotopic (exact) mass is 434 g/mol. The molecule has 2 heterocycles. The van der Waals surface area contributed by atoms with E-state index >= 15 is 0 Å². The summed E-state index contributed by atoms with van der Waals surface area (Å²) in [6.45, 7) is 10.1. The predicted molar refractivity (Wildman–Crippen MR) is 125 cm³/mol. The topological polar surface area (TPSA) is 63.0 Å². The van der Waals surface area contributed by atoms with Gasteiger partial charge in [-0.25, -0.2) is 0 Å². The van der Waals surface area contributed by atoms with E-state index in [1.807, 2.05) is 43.3 Å². The van der Waals surface area contributed by atoms with Gasteiger partial charge in [0, 0.05) is 6.54 Å². The van der Waals surface area contributed by atoms with Crippen molar-refractivity contribution in [1.82, 2.24) is 9.80 Å². The van der Waals surface area contributed by atoms with Crippen LogP contribution in [0.1, 0.15) is 54.9 Å². The molecule has 2 aromatic carbocycles. The van der Waals surface area contributed by atoms with Gasteiger partial charge in [-0.2, -0.15) is 0 Å². The molecule has 6 nitrogen and oxygen atoms in total. The number of benzene rings is 2. The van der Waals surface area contributed by atoms with Gasteiger partial charge in [-0.15, -0.1) is 0 Å². The summed E-state index contributed by atoms with van der Waals surface area (Å²) in [5.74, 6) is 0.650. The van der Waals surface area contributed by atoms with Crippen molar-refractivity contribution in [2.24, 2.45) is 0 Å². The second kappa shape index (κ2) is 9.57. The lowest BCUT2D eigenvalue weighted by atomic mass is 9.98. The molecule has 0 aliphatic carbocycles. The lowest BCUT2D eigenvalue weighted by molar-refractivity contribution is 0.0720. The number of amides is 1. The smallest absolute Gasteiger partial charge is 0.290 e. The summed E-state index contributed by atoms with van der Waals surface area (Å²) in [5.41, 5.74) is 1.57. The van der Waals surface area contributed by atoms with Crippen LogP contribution in [0.3, 0.4) is 0 Å². The van der Waals surface area contributed by atoms with Crippen LogP contribution < -0.4 is 10.2 Å². The Balaban J connectivity index is 1.79. The van der Waals surface area contributed by atoms with E-state index in [4.69, 9.17) is 9.15 Å². The van der Waals surface area contributed by atoms with Crippen LogP contribution in [0.4, 0.5) is 0 Å². The standard InChI is InChI=1S/C26H30N2O4/c1-4-27(5-2)15-10-16-28-23(18-11-9-12-19(17-18)31-6-3)22-24(29)20-13-7-8-14-21(20)32-25(22)26(28)30/h7-9,11-14,17,23H,4-6,10,15-16H2,1-3H3/t23-/m1/s1. The molecule has 0 N–H and O–H groups in total. The molecular weight excluding hydrogens is 404 g/mol. The van der Waals surface area contributed by atoms with Crippen LogP contribution in [-0.2, 0) is 0 Å². The molecule has 6 heteroatoms. The third-order valence-electron chi connectivity index (χ3n) is 6.13. The van der Waals surface area contributed by atoms with Gasteiger partial charge < -0.3 is 19.0 Å². The lowest BCUT2D eigenvalue weighted by Crippen LogP contribution is -2.33. The second-order valence-corrected chi connectivity index (χ2v) is 7.96. The summed E-state index contributed by atoms with van der Waals surface area (Å²) >= 11 is 0. The molecular formula is C26H30N2O4. The number of hydrogen-bond donors (Lipinski definition) is 0. The maximum absolute atomic E-state index is 13.5. The Hall–Kier alpha value is -3.12. The van der Waals surface area contributed by atoms with Crippen LogP contribution in [0.5, 0.6) is 5.75 Å². The SMILES string of the molecule is CCOc1cccc([C@@H]2c3c(oc4ccccc4c3=O)C(=O)N2CCCN(CC)CC)c1. The van der Waals surface area contributed by atoms with Gasteiger partial charge in [0.15, 0.2) is 5.43 Å². The van der Waals surface area contributed by atoms with Gasteiger partial charge in [-0.1, -0.05) is 38.1 Å². The summed E-state index contributed by atoms with van der Waals surface area (Å²) in [6, 6.07) is 14.3. The van der Waals surface area contributed by atoms with Crippen molar-refractivity contribution in [3.05, 3.63) is 75.6 Å². The Morgan fingerprint density at radius 1 is 1.03 bits per heavy atom. The molecule has 0 fully saturated rings. The second-order valence-electron chi connectivity index (χ2n) is 7.96. The molecule has 1 atom stereocenters. The molecule has 0 radical (unpaired) electrons. The highest BCUT2D eigenvalue weighted by molar-refractivity contribution is 5.99. The van der Waals surface area contributed by atoms with E-state index < -0.39 is 6.04 Å². The van der Waals surface area contributed by atoms with Crippen molar-refractivity contribution < 1.29 is 13.9 Å². The van der Waals surface area contributed by atoms with Crippen LogP contribution >= 0.6 is 0 Å². The van der Waals surface area contributed by atoms with Crippen LogP contribution in [0, 0.1) is 0 Å². The van der Waals surface area contributed by atoms with E-state index in [0.717, 1.165) is 37.4 Å². The van der Waals surface area contributed by atoms with E-state index in [2.05, 4.69) is 18.7 Å². The summed E-state index contributed by atoms with van der Waals surface area (Å²) in [6.07, 6.45) is 0.816. The first-order valence-corrected chi connectivity index (χ1v) is 11.4. The Bertz CT molecular complexity index is 1170. The van der Waals surface area contributed by atoms with E-state index in [9.17, 15) is 9.59 Å². The number of fused-ring (bicyclic) bond motifs is 2. The van der Waals surface area contributed by atoms with Crippen molar-refractivity contribution in [1.29, 1.82) is 0 Å². The lowest BCUT2D eigenvalue weighted by Gasteiger charge is -2.27. The highest BCUT2D eigenvalue weighted by atomic mass is 16.5. The molecule has 0 saturated heterocycles. The van der Waals surface area contributed by atoms with Gasteiger partial charge in [0.1, 0.15) is 11.3 Å². The Morgan fingerprint density at radius 2 is 1.81 bits per heavy atom. The van der Waals surface area contributed by atoms with Crippen molar-refractivity contribution in [2.45, 2.75) is 33.2 Å². The van der Waals surface area contributed by atoms with Gasteiger partial charge in [0.05, 0.1) is 23.6 Å². The quantitative estimate of drug-likeness (QED) is 0.497. The first-order chi connectivity index (χ1) is 15.6. The normalized spacial score (nSPS) is 15.6.